The molecule has 0 radical (unpaired) electrons. The number of amides is 1. The first-order valence-corrected chi connectivity index (χ1v) is 11.0. The van der Waals surface area contributed by atoms with E-state index in [1.807, 2.05) is 71.6 Å². The van der Waals surface area contributed by atoms with E-state index >= 15 is 0 Å². The van der Waals surface area contributed by atoms with Crippen LogP contribution in [0.25, 0.3) is 0 Å². The summed E-state index contributed by atoms with van der Waals surface area (Å²) in [7, 11) is 0. The van der Waals surface area contributed by atoms with E-state index in [4.69, 9.17) is 9.47 Å². The van der Waals surface area contributed by atoms with Gasteiger partial charge in [-0.3, -0.25) is 14.8 Å². The van der Waals surface area contributed by atoms with Crippen molar-refractivity contribution in [2.75, 3.05) is 19.6 Å². The number of ether oxygens (including phenoxy) is 2. The number of para-hydroxylation sites is 1. The summed E-state index contributed by atoms with van der Waals surface area (Å²) in [5, 5.41) is 0. The molecule has 2 aromatic carbocycles. The van der Waals surface area contributed by atoms with Gasteiger partial charge in [-0.05, 0) is 23.8 Å². The third-order valence-corrected chi connectivity index (χ3v) is 6.12. The van der Waals surface area contributed by atoms with Crippen LogP contribution < -0.4 is 4.74 Å². The van der Waals surface area contributed by atoms with E-state index in [0.29, 0.717) is 19.7 Å². The first kappa shape index (κ1) is 20.5. The fourth-order valence-electron chi connectivity index (χ4n) is 4.54. The second kappa shape index (κ2) is 9.01. The van der Waals surface area contributed by atoms with Crippen LogP contribution >= 0.6 is 0 Å². The lowest BCUT2D eigenvalue weighted by Crippen LogP contribution is -2.37. The van der Waals surface area contributed by atoms with E-state index < -0.39 is 5.60 Å². The third-order valence-electron chi connectivity index (χ3n) is 6.12. The number of likely N-dealkylation sites (tertiary alicyclic amines) is 1. The highest BCUT2D eigenvalue weighted by molar-refractivity contribution is 5.71. The quantitative estimate of drug-likeness (QED) is 0.562. The Balaban J connectivity index is 1.21. The summed E-state index contributed by atoms with van der Waals surface area (Å²) in [4.78, 5) is 21.0. The summed E-state index contributed by atoms with van der Waals surface area (Å²) in [6, 6.07) is 24.0. The van der Waals surface area contributed by atoms with Crippen LogP contribution in [0.5, 0.6) is 5.75 Å². The van der Waals surface area contributed by atoms with Crippen LogP contribution in [0.2, 0.25) is 0 Å². The molecule has 0 unspecified atom stereocenters. The maximum absolute atomic E-state index is 12.5. The number of benzene rings is 2. The molecule has 0 bridgehead atoms. The van der Waals surface area contributed by atoms with Gasteiger partial charge in [0.1, 0.15) is 18.0 Å². The molecule has 1 spiro atoms. The number of nitrogens with zero attached hydrogens (tertiary/aromatic N) is 3. The van der Waals surface area contributed by atoms with Gasteiger partial charge in [0, 0.05) is 44.4 Å². The molecule has 5 rings (SSSR count). The Labute approximate surface area is 188 Å². The molecular weight excluding hydrogens is 402 g/mol. The van der Waals surface area contributed by atoms with E-state index in [-0.39, 0.29) is 6.09 Å². The molecule has 3 aromatic rings. The smallest absolute Gasteiger partial charge is 0.410 e. The van der Waals surface area contributed by atoms with Crippen molar-refractivity contribution < 1.29 is 14.3 Å². The molecule has 164 valence electrons. The SMILES string of the molecule is O=C1O[C@@]2(CCN(Cc3ccccc3OCc3ccccn3)C2)CN1Cc1ccccc1. The topological polar surface area (TPSA) is 54.9 Å². The normalized spacial score (nSPS) is 20.6. The number of aromatic nitrogens is 1. The standard InChI is InChI=1S/C26H27N3O3/c30-25-29(16-21-8-2-1-3-9-21)20-26(32-25)13-15-28(19-26)17-22-10-4-5-12-24(22)31-18-23-11-6-7-14-27-23/h1-12,14H,13,15-20H2/t26-/m1/s1. The number of carbonyl (C=O) groups excluding carboxylic acids is 1. The maximum Gasteiger partial charge on any atom is 0.410 e. The summed E-state index contributed by atoms with van der Waals surface area (Å²) in [5.74, 6) is 0.869. The van der Waals surface area contributed by atoms with Gasteiger partial charge < -0.3 is 9.47 Å². The molecule has 0 aliphatic carbocycles. The van der Waals surface area contributed by atoms with Crippen LogP contribution in [-0.2, 0) is 24.4 Å². The van der Waals surface area contributed by atoms with Crippen molar-refractivity contribution in [2.24, 2.45) is 0 Å². The summed E-state index contributed by atoms with van der Waals surface area (Å²) in [6.45, 7) is 4.05. The van der Waals surface area contributed by atoms with E-state index in [1.54, 1.807) is 6.20 Å². The van der Waals surface area contributed by atoms with Crippen molar-refractivity contribution in [3.63, 3.8) is 0 Å². The van der Waals surface area contributed by atoms with Gasteiger partial charge in [0.2, 0.25) is 0 Å². The molecule has 0 N–H and O–H groups in total. The predicted molar refractivity (Wildman–Crippen MR) is 121 cm³/mol. The molecule has 6 heteroatoms. The van der Waals surface area contributed by atoms with Crippen molar-refractivity contribution in [2.45, 2.75) is 31.7 Å². The highest BCUT2D eigenvalue weighted by Crippen LogP contribution is 2.34. The van der Waals surface area contributed by atoms with Crippen molar-refractivity contribution in [3.05, 3.63) is 95.8 Å². The van der Waals surface area contributed by atoms with Crippen LogP contribution in [0.1, 0.15) is 23.2 Å². The van der Waals surface area contributed by atoms with Gasteiger partial charge in [0.15, 0.2) is 0 Å². The van der Waals surface area contributed by atoms with Gasteiger partial charge in [-0.25, -0.2) is 4.79 Å². The van der Waals surface area contributed by atoms with Crippen LogP contribution in [0.4, 0.5) is 4.79 Å². The van der Waals surface area contributed by atoms with Gasteiger partial charge in [-0.2, -0.15) is 0 Å². The first-order valence-electron chi connectivity index (χ1n) is 11.0. The molecule has 0 saturated carbocycles. The highest BCUT2D eigenvalue weighted by Gasteiger charge is 2.49. The number of hydrogen-bond acceptors (Lipinski definition) is 5. The lowest BCUT2D eigenvalue weighted by molar-refractivity contribution is 0.0625. The van der Waals surface area contributed by atoms with Gasteiger partial charge >= 0.3 is 6.09 Å². The second-order valence-electron chi connectivity index (χ2n) is 8.57. The lowest BCUT2D eigenvalue weighted by Gasteiger charge is -2.23. The first-order chi connectivity index (χ1) is 15.7. The largest absolute Gasteiger partial charge is 0.487 e. The Morgan fingerprint density at radius 1 is 0.938 bits per heavy atom. The van der Waals surface area contributed by atoms with Crippen molar-refractivity contribution >= 4 is 6.09 Å². The van der Waals surface area contributed by atoms with Gasteiger partial charge in [-0.15, -0.1) is 0 Å². The Morgan fingerprint density at radius 2 is 1.75 bits per heavy atom. The van der Waals surface area contributed by atoms with Gasteiger partial charge in [0.25, 0.3) is 0 Å². The molecule has 6 nitrogen and oxygen atoms in total. The summed E-state index contributed by atoms with van der Waals surface area (Å²) < 4.78 is 12.0. The zero-order valence-electron chi connectivity index (χ0n) is 18.0. The molecule has 2 aliphatic heterocycles. The number of carbonyl (C=O) groups is 1. The molecule has 1 aromatic heterocycles. The molecule has 32 heavy (non-hydrogen) atoms. The highest BCUT2D eigenvalue weighted by atomic mass is 16.6. The van der Waals surface area contributed by atoms with Crippen molar-refractivity contribution in [3.8, 4) is 5.75 Å². The fourth-order valence-corrected chi connectivity index (χ4v) is 4.54. The van der Waals surface area contributed by atoms with E-state index in [0.717, 1.165) is 48.6 Å². The second-order valence-corrected chi connectivity index (χ2v) is 8.57. The van der Waals surface area contributed by atoms with Crippen LogP contribution in [-0.4, -0.2) is 46.1 Å². The van der Waals surface area contributed by atoms with Gasteiger partial charge in [0.05, 0.1) is 12.2 Å². The average molecular weight is 430 g/mol. The monoisotopic (exact) mass is 429 g/mol. The minimum Gasteiger partial charge on any atom is -0.487 e. The summed E-state index contributed by atoms with van der Waals surface area (Å²) in [5.41, 5.74) is 2.73. The molecule has 3 heterocycles. The Hall–Kier alpha value is -3.38. The molecular formula is C26H27N3O3. The number of hydrogen-bond donors (Lipinski definition) is 0. The Morgan fingerprint density at radius 3 is 2.59 bits per heavy atom. The third kappa shape index (κ3) is 4.60. The maximum atomic E-state index is 12.5. The molecule has 2 aliphatic rings. The molecule has 2 saturated heterocycles. The van der Waals surface area contributed by atoms with Crippen LogP contribution in [0.15, 0.2) is 79.0 Å². The number of pyridine rings is 1. The van der Waals surface area contributed by atoms with E-state index in [1.165, 1.54) is 0 Å². The minimum atomic E-state index is -0.421. The lowest BCUT2D eigenvalue weighted by atomic mass is 10.0. The van der Waals surface area contributed by atoms with E-state index in [2.05, 4.69) is 16.0 Å². The Kier molecular flexibility index (Phi) is 5.77. The van der Waals surface area contributed by atoms with Crippen LogP contribution in [0.3, 0.4) is 0 Å². The predicted octanol–water partition coefficient (Wildman–Crippen LogP) is 4.26. The zero-order chi connectivity index (χ0) is 21.8. The van der Waals surface area contributed by atoms with Crippen molar-refractivity contribution in [1.29, 1.82) is 0 Å². The van der Waals surface area contributed by atoms with Crippen LogP contribution in [0, 0.1) is 0 Å². The Bertz CT molecular complexity index is 1060. The van der Waals surface area contributed by atoms with E-state index in [9.17, 15) is 4.79 Å². The van der Waals surface area contributed by atoms with Gasteiger partial charge in [-0.1, -0.05) is 54.6 Å². The molecule has 1 atom stereocenters. The number of rotatable bonds is 7. The summed E-state index contributed by atoms with van der Waals surface area (Å²) in [6.07, 6.45) is 2.41. The fraction of sp³-hybridized carbons (Fsp3) is 0.308. The zero-order valence-corrected chi connectivity index (χ0v) is 18.0. The van der Waals surface area contributed by atoms with Crippen molar-refractivity contribution in [1.82, 2.24) is 14.8 Å². The molecule has 2 fully saturated rings. The average Bonchev–Trinajstić information content (AvgIpc) is 3.35. The summed E-state index contributed by atoms with van der Waals surface area (Å²) >= 11 is 0. The molecule has 1 amide bonds. The minimum absolute atomic E-state index is 0.213.